The molecule has 2 unspecified atom stereocenters. The first-order valence-corrected chi connectivity index (χ1v) is 9.15. The van der Waals surface area contributed by atoms with E-state index in [0.717, 1.165) is 4.88 Å². The first-order valence-electron chi connectivity index (χ1n) is 6.71. The van der Waals surface area contributed by atoms with Crippen LogP contribution < -0.4 is 5.32 Å². The summed E-state index contributed by atoms with van der Waals surface area (Å²) in [5, 5.41) is 23.9. The Balaban J connectivity index is 2.57. The lowest BCUT2D eigenvalue weighted by atomic mass is 10.2. The number of nitriles is 1. The van der Waals surface area contributed by atoms with Crippen molar-refractivity contribution in [3.63, 3.8) is 0 Å². The van der Waals surface area contributed by atoms with Crippen LogP contribution in [0, 0.1) is 11.3 Å². The summed E-state index contributed by atoms with van der Waals surface area (Å²) in [6.45, 7) is -0.144. The summed E-state index contributed by atoms with van der Waals surface area (Å²) in [7, 11) is 2.17. The van der Waals surface area contributed by atoms with Gasteiger partial charge in [-0.2, -0.15) is 5.26 Å². The zero-order valence-electron chi connectivity index (χ0n) is 13.0. The average molecular weight is 351 g/mol. The normalized spacial score (nSPS) is 13.6. The van der Waals surface area contributed by atoms with Crippen molar-refractivity contribution in [2.75, 3.05) is 32.3 Å². The van der Waals surface area contributed by atoms with Gasteiger partial charge in [0.1, 0.15) is 23.5 Å². The molecule has 9 heteroatoms. The van der Waals surface area contributed by atoms with Crippen molar-refractivity contribution in [2.24, 2.45) is 0 Å². The van der Waals surface area contributed by atoms with Crippen molar-refractivity contribution in [1.82, 2.24) is 14.9 Å². The molecule has 2 N–H and O–H groups in total. The third-order valence-electron chi connectivity index (χ3n) is 3.11. The van der Waals surface area contributed by atoms with E-state index in [1.54, 1.807) is 19.0 Å². The summed E-state index contributed by atoms with van der Waals surface area (Å²) < 4.78 is 12.0. The van der Waals surface area contributed by atoms with Gasteiger partial charge in [0.25, 0.3) is 0 Å². The molecule has 0 bridgehead atoms. The van der Waals surface area contributed by atoms with Crippen molar-refractivity contribution >= 4 is 28.1 Å². The number of aliphatic hydroxyl groups is 1. The van der Waals surface area contributed by atoms with Crippen LogP contribution in [0.25, 0.3) is 10.6 Å². The highest BCUT2D eigenvalue weighted by Crippen LogP contribution is 2.29. The van der Waals surface area contributed by atoms with E-state index in [1.807, 2.05) is 17.5 Å². The van der Waals surface area contributed by atoms with E-state index in [1.165, 1.54) is 17.6 Å². The molecule has 0 radical (unpaired) electrons. The fourth-order valence-corrected chi connectivity index (χ4v) is 3.26. The number of rotatable bonds is 6. The van der Waals surface area contributed by atoms with Crippen LogP contribution in [0.5, 0.6) is 0 Å². The molecule has 0 saturated carbocycles. The van der Waals surface area contributed by atoms with Crippen LogP contribution in [-0.2, 0) is 10.8 Å². The van der Waals surface area contributed by atoms with Gasteiger partial charge in [-0.1, -0.05) is 6.07 Å². The summed E-state index contributed by atoms with van der Waals surface area (Å²) >= 11 is 1.44. The molecular formula is C14H17N5O2S2. The number of hydrogen-bond acceptors (Lipinski definition) is 8. The van der Waals surface area contributed by atoms with Crippen molar-refractivity contribution in [1.29, 1.82) is 5.26 Å². The molecule has 0 aliphatic rings. The highest BCUT2D eigenvalue weighted by Gasteiger charge is 2.20. The van der Waals surface area contributed by atoms with E-state index < -0.39 is 17.0 Å². The third kappa shape index (κ3) is 3.92. The molecule has 23 heavy (non-hydrogen) atoms. The number of aromatic nitrogens is 2. The molecule has 2 atom stereocenters. The maximum Gasteiger partial charge on any atom is 0.225 e. The van der Waals surface area contributed by atoms with E-state index in [-0.39, 0.29) is 23.1 Å². The van der Waals surface area contributed by atoms with Crippen LogP contribution in [0.2, 0.25) is 0 Å². The Morgan fingerprint density at radius 3 is 2.74 bits per heavy atom. The fraction of sp³-hybridized carbons (Fsp3) is 0.357. The minimum atomic E-state index is -1.44. The van der Waals surface area contributed by atoms with Crippen molar-refractivity contribution in [3.8, 4) is 16.6 Å². The number of hydrogen-bond donors (Lipinski definition) is 2. The van der Waals surface area contributed by atoms with E-state index in [0.29, 0.717) is 5.69 Å². The molecule has 0 spiro atoms. The van der Waals surface area contributed by atoms with Gasteiger partial charge in [-0.15, -0.1) is 11.3 Å². The second-order valence-electron chi connectivity index (χ2n) is 4.93. The van der Waals surface area contributed by atoms with Gasteiger partial charge >= 0.3 is 0 Å². The Kier molecular flexibility index (Phi) is 5.79. The first kappa shape index (κ1) is 17.5. The van der Waals surface area contributed by atoms with Gasteiger partial charge < -0.3 is 10.4 Å². The molecule has 2 aromatic rings. The van der Waals surface area contributed by atoms with Crippen LogP contribution in [0.4, 0.5) is 5.95 Å². The maximum absolute atomic E-state index is 12.0. The minimum Gasteiger partial charge on any atom is -0.393 e. The largest absolute Gasteiger partial charge is 0.393 e. The molecular weight excluding hydrogens is 334 g/mol. The fourth-order valence-electron chi connectivity index (χ4n) is 1.89. The lowest BCUT2D eigenvalue weighted by molar-refractivity contribution is 0.187. The van der Waals surface area contributed by atoms with Crippen LogP contribution in [0.3, 0.4) is 0 Å². The zero-order valence-corrected chi connectivity index (χ0v) is 14.6. The van der Waals surface area contributed by atoms with Crippen LogP contribution in [0.15, 0.2) is 22.5 Å². The van der Waals surface area contributed by atoms with Gasteiger partial charge in [0.15, 0.2) is 5.03 Å². The molecule has 122 valence electrons. The molecule has 0 aliphatic carbocycles. The molecule has 2 rings (SSSR count). The topological polar surface area (TPSA) is 102 Å². The summed E-state index contributed by atoms with van der Waals surface area (Å²) in [4.78, 5) is 11.2. The standard InChI is InChI=1S/C14H17N5O2S2/c1-19(2)11(8-20)16-14-17-12(10-5-4-6-22-10)9(7-15)13(18-14)23(3)21/h4-6,11,20H,8H2,1-3H3,(H,16,17,18). The number of likely N-dealkylation sites (N-methyl/N-ethyl adjacent to an activating group) is 1. The van der Waals surface area contributed by atoms with Gasteiger partial charge in [0, 0.05) is 6.26 Å². The van der Waals surface area contributed by atoms with E-state index in [2.05, 4.69) is 21.4 Å². The van der Waals surface area contributed by atoms with Crippen LogP contribution in [-0.4, -0.2) is 57.3 Å². The van der Waals surface area contributed by atoms with E-state index >= 15 is 0 Å². The highest BCUT2D eigenvalue weighted by molar-refractivity contribution is 7.84. The lowest BCUT2D eigenvalue weighted by Crippen LogP contribution is -2.39. The smallest absolute Gasteiger partial charge is 0.225 e. The highest BCUT2D eigenvalue weighted by atomic mass is 32.2. The minimum absolute atomic E-state index is 0.144. The SMILES string of the molecule is CN(C)C(CO)Nc1nc(-c2cccs2)c(C#N)c(S(C)=O)n1. The molecule has 2 heterocycles. The van der Waals surface area contributed by atoms with Crippen LogP contribution >= 0.6 is 11.3 Å². The average Bonchev–Trinajstić information content (AvgIpc) is 3.05. The summed E-state index contributed by atoms with van der Waals surface area (Å²) in [5.74, 6) is 0.227. The second-order valence-corrected chi connectivity index (χ2v) is 7.17. The second kappa shape index (κ2) is 7.61. The number of aliphatic hydroxyl groups excluding tert-OH is 1. The maximum atomic E-state index is 12.0. The van der Waals surface area contributed by atoms with Gasteiger partial charge in [-0.05, 0) is 25.5 Å². The van der Waals surface area contributed by atoms with Gasteiger partial charge in [-0.3, -0.25) is 9.11 Å². The Bertz CT molecular complexity index is 740. The molecule has 2 aromatic heterocycles. The molecule has 0 aromatic carbocycles. The Morgan fingerprint density at radius 1 is 1.52 bits per heavy atom. The monoisotopic (exact) mass is 351 g/mol. The zero-order chi connectivity index (χ0) is 17.0. The van der Waals surface area contributed by atoms with Gasteiger partial charge in [-0.25, -0.2) is 9.97 Å². The quantitative estimate of drug-likeness (QED) is 0.593. The molecule has 0 amide bonds. The lowest BCUT2D eigenvalue weighted by Gasteiger charge is -2.23. The predicted molar refractivity (Wildman–Crippen MR) is 90.6 cm³/mol. The Hall–Kier alpha value is -1.86. The van der Waals surface area contributed by atoms with Gasteiger partial charge in [0.05, 0.1) is 22.3 Å². The van der Waals surface area contributed by atoms with E-state index in [9.17, 15) is 14.6 Å². The molecule has 0 aliphatic heterocycles. The van der Waals surface area contributed by atoms with E-state index in [4.69, 9.17) is 0 Å². The molecule has 0 fully saturated rings. The summed E-state index contributed by atoms with van der Waals surface area (Å²) in [6.07, 6.45) is 1.08. The third-order valence-corrected chi connectivity index (χ3v) is 4.82. The Labute approximate surface area is 141 Å². The number of nitrogens with one attached hydrogen (secondary N) is 1. The number of anilines is 1. The van der Waals surface area contributed by atoms with Gasteiger partial charge in [0.2, 0.25) is 5.95 Å². The first-order chi connectivity index (χ1) is 11.0. The molecule has 7 nitrogen and oxygen atoms in total. The van der Waals surface area contributed by atoms with Crippen molar-refractivity contribution in [3.05, 3.63) is 23.1 Å². The van der Waals surface area contributed by atoms with Crippen molar-refractivity contribution < 1.29 is 9.32 Å². The van der Waals surface area contributed by atoms with Crippen molar-refractivity contribution in [2.45, 2.75) is 11.2 Å². The van der Waals surface area contributed by atoms with Crippen LogP contribution in [0.1, 0.15) is 5.56 Å². The Morgan fingerprint density at radius 2 is 2.26 bits per heavy atom. The summed E-state index contributed by atoms with van der Waals surface area (Å²) in [6, 6.07) is 5.75. The molecule has 0 saturated heterocycles. The number of thiophene rings is 1. The summed E-state index contributed by atoms with van der Waals surface area (Å²) in [5.41, 5.74) is 0.657. The predicted octanol–water partition coefficient (Wildman–Crippen LogP) is 1.11. The number of nitrogens with zero attached hydrogens (tertiary/aromatic N) is 4.